The van der Waals surface area contributed by atoms with E-state index in [2.05, 4.69) is 45.4 Å². The molecule has 3 aliphatic heterocycles. The van der Waals surface area contributed by atoms with E-state index < -0.39 is 49.8 Å². The fourth-order valence-corrected chi connectivity index (χ4v) is 12.2. The first-order valence-electron chi connectivity index (χ1n) is 24.3. The van der Waals surface area contributed by atoms with Crippen molar-refractivity contribution in [1.82, 2.24) is 24.0 Å². The van der Waals surface area contributed by atoms with Crippen molar-refractivity contribution >= 4 is 56.4 Å². The lowest BCUT2D eigenvalue weighted by atomic mass is 9.90. The van der Waals surface area contributed by atoms with E-state index >= 15 is 0 Å². The van der Waals surface area contributed by atoms with Gasteiger partial charge in [-0.3, -0.25) is 24.2 Å². The van der Waals surface area contributed by atoms with Gasteiger partial charge in [-0.2, -0.15) is 13.2 Å². The SMILES string of the molecule is CC(C)S(=O)(=O)c1ccc(N2CCC(N3CCN(c4ccc(Nc5nc(-c6ccnc(N7CCn8c(cc9c8CC(C)(C)C9)C7=O)c6CO)cn(C)c5=O)cc4C=CC(N)=O)[C@@H](C)C3)CC2)cc1C(F)(F)F. The molecule has 16 nitrogen and oxygen atoms in total. The first-order valence-corrected chi connectivity index (χ1v) is 25.9. The zero-order chi connectivity index (χ0) is 51.6. The van der Waals surface area contributed by atoms with Gasteiger partial charge >= 0.3 is 6.18 Å². The van der Waals surface area contributed by atoms with Crippen molar-refractivity contribution in [3.63, 3.8) is 0 Å². The number of nitrogens with zero attached hydrogens (tertiary/aromatic N) is 8. The van der Waals surface area contributed by atoms with Gasteiger partial charge in [0.25, 0.3) is 11.5 Å². The predicted octanol–water partition coefficient (Wildman–Crippen LogP) is 6.54. The summed E-state index contributed by atoms with van der Waals surface area (Å²) < 4.78 is 71.7. The number of fused-ring (bicyclic) bond motifs is 3. The molecule has 2 amide bonds. The van der Waals surface area contributed by atoms with Gasteiger partial charge in [0.15, 0.2) is 15.7 Å². The van der Waals surface area contributed by atoms with Gasteiger partial charge in [0, 0.05) is 123 Å². The third-order valence-corrected chi connectivity index (χ3v) is 16.9. The Hall–Kier alpha value is -6.51. The van der Waals surface area contributed by atoms with E-state index in [0.29, 0.717) is 104 Å². The number of nitrogens with two attached hydrogens (primary N) is 1. The number of pyridine rings is 1. The summed E-state index contributed by atoms with van der Waals surface area (Å²) in [5, 5.41) is 13.0. The lowest BCUT2D eigenvalue weighted by molar-refractivity contribution is -0.139. The maximum Gasteiger partial charge on any atom is 0.417 e. The van der Waals surface area contributed by atoms with Crippen molar-refractivity contribution < 1.29 is 36.3 Å². The molecule has 0 bridgehead atoms. The van der Waals surface area contributed by atoms with Gasteiger partial charge < -0.3 is 35.1 Å². The monoisotopic (exact) mass is 1010 g/mol. The van der Waals surface area contributed by atoms with Crippen LogP contribution in [0.25, 0.3) is 17.3 Å². The second kappa shape index (κ2) is 19.2. The van der Waals surface area contributed by atoms with Gasteiger partial charge in [0.05, 0.1) is 28.0 Å². The predicted molar refractivity (Wildman–Crippen MR) is 271 cm³/mol. The number of carbonyl (C=O) groups is 2. The Morgan fingerprint density at radius 1 is 1.00 bits per heavy atom. The summed E-state index contributed by atoms with van der Waals surface area (Å²) in [6, 6.07) is 13.0. The van der Waals surface area contributed by atoms with Gasteiger partial charge in [-0.25, -0.2) is 18.4 Å². The number of aryl methyl sites for hydroxylation is 1. The molecule has 2 aromatic carbocycles. The molecule has 2 saturated heterocycles. The van der Waals surface area contributed by atoms with E-state index in [1.807, 2.05) is 29.2 Å². The highest BCUT2D eigenvalue weighted by Crippen LogP contribution is 2.42. The number of hydrogen-bond donors (Lipinski definition) is 3. The highest BCUT2D eigenvalue weighted by molar-refractivity contribution is 7.92. The largest absolute Gasteiger partial charge is 0.417 e. The first-order chi connectivity index (χ1) is 34.0. The maximum atomic E-state index is 14.2. The molecule has 382 valence electrons. The molecule has 0 saturated carbocycles. The van der Waals surface area contributed by atoms with Crippen LogP contribution < -0.4 is 31.3 Å². The highest BCUT2D eigenvalue weighted by atomic mass is 32.2. The molecule has 72 heavy (non-hydrogen) atoms. The highest BCUT2D eigenvalue weighted by Gasteiger charge is 2.40. The number of nitrogens with one attached hydrogen (secondary N) is 1. The van der Waals surface area contributed by atoms with Crippen LogP contribution in [0.1, 0.15) is 85.9 Å². The molecular formula is C52H61F3N10O6S. The van der Waals surface area contributed by atoms with Crippen LogP contribution in [-0.4, -0.2) is 106 Å². The topological polar surface area (TPSA) is 192 Å². The van der Waals surface area contributed by atoms with Crippen molar-refractivity contribution in [2.75, 3.05) is 59.3 Å². The molecule has 2 fully saturated rings. The van der Waals surface area contributed by atoms with Crippen molar-refractivity contribution in [1.29, 1.82) is 0 Å². The number of sulfone groups is 1. The number of rotatable bonds is 12. The number of hydrogen-bond acceptors (Lipinski definition) is 12. The molecule has 6 heterocycles. The minimum atomic E-state index is -4.83. The van der Waals surface area contributed by atoms with Gasteiger partial charge in [-0.1, -0.05) is 13.8 Å². The number of primary amides is 1. The summed E-state index contributed by atoms with van der Waals surface area (Å²) in [5.74, 6) is -0.501. The van der Waals surface area contributed by atoms with Crippen LogP contribution in [-0.2, 0) is 53.8 Å². The van der Waals surface area contributed by atoms with Crippen LogP contribution in [0.3, 0.4) is 0 Å². The van der Waals surface area contributed by atoms with E-state index in [4.69, 9.17) is 10.7 Å². The molecule has 3 aromatic heterocycles. The Bertz CT molecular complexity index is 3160. The fourth-order valence-electron chi connectivity index (χ4n) is 11.0. The number of alkyl halides is 3. The van der Waals surface area contributed by atoms with Crippen LogP contribution in [0.4, 0.5) is 41.9 Å². The third-order valence-electron chi connectivity index (χ3n) is 14.6. The molecule has 0 radical (unpaired) electrons. The van der Waals surface area contributed by atoms with Gasteiger partial charge in [-0.15, -0.1) is 0 Å². The van der Waals surface area contributed by atoms with Crippen molar-refractivity contribution in [2.24, 2.45) is 18.2 Å². The molecule has 0 unspecified atom stereocenters. The average Bonchev–Trinajstić information content (AvgIpc) is 3.83. The first kappa shape index (κ1) is 50.4. The smallest absolute Gasteiger partial charge is 0.392 e. The van der Waals surface area contributed by atoms with Crippen molar-refractivity contribution in [2.45, 2.75) is 102 Å². The van der Waals surface area contributed by atoms with Crippen LogP contribution in [0.15, 0.2) is 76.7 Å². The lowest BCUT2D eigenvalue weighted by Gasteiger charge is -2.47. The molecule has 1 aliphatic carbocycles. The second-order valence-corrected chi connectivity index (χ2v) is 23.0. The van der Waals surface area contributed by atoms with Gasteiger partial charge in [-0.05, 0) is 112 Å². The Kier molecular flexibility index (Phi) is 13.4. The van der Waals surface area contributed by atoms with E-state index in [0.717, 1.165) is 30.7 Å². The summed E-state index contributed by atoms with van der Waals surface area (Å²) in [4.78, 5) is 56.6. The number of piperazine rings is 1. The summed E-state index contributed by atoms with van der Waals surface area (Å²) in [6.45, 7) is 12.9. The zero-order valence-corrected chi connectivity index (χ0v) is 42.1. The second-order valence-electron chi connectivity index (χ2n) is 20.5. The number of benzene rings is 2. The number of halogens is 3. The summed E-state index contributed by atoms with van der Waals surface area (Å²) >= 11 is 0. The Morgan fingerprint density at radius 3 is 2.43 bits per heavy atom. The molecule has 5 aromatic rings. The van der Waals surface area contributed by atoms with Crippen LogP contribution in [0.2, 0.25) is 0 Å². The van der Waals surface area contributed by atoms with Crippen LogP contribution in [0.5, 0.6) is 0 Å². The molecule has 0 spiro atoms. The maximum absolute atomic E-state index is 14.2. The molecular weight excluding hydrogens is 950 g/mol. The fraction of sp³-hybridized carbons (Fsp3) is 0.442. The minimum Gasteiger partial charge on any atom is -0.392 e. The summed E-state index contributed by atoms with van der Waals surface area (Å²) in [7, 11) is -2.55. The third kappa shape index (κ3) is 9.63. The van der Waals surface area contributed by atoms with E-state index in [9.17, 15) is 41.1 Å². The number of carbonyl (C=O) groups excluding carboxylic acids is 2. The lowest BCUT2D eigenvalue weighted by Crippen LogP contribution is -2.57. The number of aromatic nitrogens is 4. The molecule has 4 aliphatic rings. The molecule has 20 heteroatoms. The van der Waals surface area contributed by atoms with E-state index in [-0.39, 0.29) is 29.2 Å². The number of piperidine rings is 1. The summed E-state index contributed by atoms with van der Waals surface area (Å²) in [5.41, 5.74) is 10.8. The van der Waals surface area contributed by atoms with Gasteiger partial charge in [0.2, 0.25) is 5.91 Å². The molecule has 1 atom stereocenters. The number of amides is 2. The average molecular weight is 1010 g/mol. The molecule has 9 rings (SSSR count). The van der Waals surface area contributed by atoms with E-state index in [1.165, 1.54) is 41.8 Å². The van der Waals surface area contributed by atoms with E-state index in [1.54, 1.807) is 36.5 Å². The number of aliphatic hydroxyl groups is 1. The number of anilines is 5. The van der Waals surface area contributed by atoms with Crippen molar-refractivity contribution in [3.8, 4) is 11.3 Å². The summed E-state index contributed by atoms with van der Waals surface area (Å²) in [6.07, 6.45) is 4.43. The van der Waals surface area contributed by atoms with Crippen LogP contribution in [0, 0.1) is 5.41 Å². The Balaban J connectivity index is 0.905. The van der Waals surface area contributed by atoms with Crippen LogP contribution >= 0.6 is 0 Å². The minimum absolute atomic E-state index is 0.00376. The zero-order valence-electron chi connectivity index (χ0n) is 41.3. The molecule has 4 N–H and O–H groups in total. The Morgan fingerprint density at radius 2 is 1.75 bits per heavy atom. The Labute approximate surface area is 416 Å². The van der Waals surface area contributed by atoms with Gasteiger partial charge in [0.1, 0.15) is 11.5 Å². The quantitative estimate of drug-likeness (QED) is 0.115. The normalized spacial score (nSPS) is 18.8. The number of aliphatic hydroxyl groups excluding tert-OH is 1. The van der Waals surface area contributed by atoms with Crippen molar-refractivity contribution in [3.05, 3.63) is 111 Å². The standard InChI is InChI=1S/C52H61F3N10O6S/c1-31(2)72(70,71)45-11-9-37(25-40(45)52(53,54)55)61-17-14-36(15-18-61)62-19-20-63(32(3)28-62)42-10-8-35(23-33(42)7-12-46(56)67)58-47-50(69)60(6)29-41(59-47)38-13-16-57-48(39(38)30-66)65-22-21-64-43(49(65)68)24-34-26-51(4,5)27-44(34)64/h7-13,16,23-25,29,31-32,36,66H,14-15,17-22,26-28,30H2,1-6H3,(H2,56,67)(H,58,59)/t32-/m0/s1.